The number of carbonyl (C=O) groups is 2. The van der Waals surface area contributed by atoms with Crippen LogP contribution in [-0.4, -0.2) is 23.0 Å². The van der Waals surface area contributed by atoms with E-state index in [1.165, 1.54) is 13.0 Å². The zero-order valence-electron chi connectivity index (χ0n) is 9.04. The molecule has 0 aliphatic carbocycles. The van der Waals surface area contributed by atoms with Crippen molar-refractivity contribution in [2.24, 2.45) is 0 Å². The van der Waals surface area contributed by atoms with E-state index in [0.717, 1.165) is 12.1 Å². The van der Waals surface area contributed by atoms with Gasteiger partial charge in [-0.1, -0.05) is 6.07 Å². The van der Waals surface area contributed by atoms with Gasteiger partial charge >= 0.3 is 5.97 Å². The zero-order chi connectivity index (χ0) is 13.0. The van der Waals surface area contributed by atoms with Crippen molar-refractivity contribution in [1.29, 1.82) is 0 Å². The second-order valence-electron chi connectivity index (χ2n) is 3.54. The molecule has 1 amide bonds. The Morgan fingerprint density at radius 2 is 2.00 bits per heavy atom. The number of carboxylic acid groups (broad SMARTS) is 1. The summed E-state index contributed by atoms with van der Waals surface area (Å²) in [5.74, 6) is -3.78. The number of carbonyl (C=O) groups excluding carboxylic acids is 1. The van der Waals surface area contributed by atoms with E-state index in [1.54, 1.807) is 0 Å². The number of rotatable bonds is 4. The molecule has 0 bridgehead atoms. The minimum absolute atomic E-state index is 0.105. The van der Waals surface area contributed by atoms with Gasteiger partial charge in [0.1, 0.15) is 6.04 Å². The van der Waals surface area contributed by atoms with Gasteiger partial charge in [-0.2, -0.15) is 0 Å². The van der Waals surface area contributed by atoms with Gasteiger partial charge in [-0.15, -0.1) is 0 Å². The van der Waals surface area contributed by atoms with E-state index in [0.29, 0.717) is 5.56 Å². The fourth-order valence-electron chi connectivity index (χ4n) is 1.35. The predicted octanol–water partition coefficient (Wildman–Crippen LogP) is 1.10. The van der Waals surface area contributed by atoms with Crippen LogP contribution in [0.3, 0.4) is 0 Å². The SMILES string of the molecule is CC(=O)N[C@H](Cc1ccc(F)c(F)c1)C(=O)O. The van der Waals surface area contributed by atoms with E-state index in [9.17, 15) is 18.4 Å². The summed E-state index contributed by atoms with van der Waals surface area (Å²) in [6.07, 6.45) is -0.105. The summed E-state index contributed by atoms with van der Waals surface area (Å²) in [6.45, 7) is 1.18. The highest BCUT2D eigenvalue weighted by Crippen LogP contribution is 2.10. The number of benzene rings is 1. The van der Waals surface area contributed by atoms with Crippen LogP contribution >= 0.6 is 0 Å². The highest BCUT2D eigenvalue weighted by Gasteiger charge is 2.19. The van der Waals surface area contributed by atoms with Crippen molar-refractivity contribution >= 4 is 11.9 Å². The smallest absolute Gasteiger partial charge is 0.326 e. The van der Waals surface area contributed by atoms with E-state index in [4.69, 9.17) is 5.11 Å². The van der Waals surface area contributed by atoms with Crippen molar-refractivity contribution in [3.05, 3.63) is 35.4 Å². The average molecular weight is 243 g/mol. The lowest BCUT2D eigenvalue weighted by atomic mass is 10.1. The van der Waals surface area contributed by atoms with E-state index in [-0.39, 0.29) is 6.42 Å². The number of halogens is 2. The fourth-order valence-corrected chi connectivity index (χ4v) is 1.35. The molecule has 2 N–H and O–H groups in total. The third kappa shape index (κ3) is 3.82. The molecule has 6 heteroatoms. The minimum Gasteiger partial charge on any atom is -0.480 e. The summed E-state index contributed by atoms with van der Waals surface area (Å²) in [7, 11) is 0. The Hall–Kier alpha value is -1.98. The first-order chi connectivity index (χ1) is 7.90. The second kappa shape index (κ2) is 5.38. The molecule has 0 spiro atoms. The molecule has 0 aromatic heterocycles. The third-order valence-electron chi connectivity index (χ3n) is 2.10. The van der Waals surface area contributed by atoms with Gasteiger partial charge < -0.3 is 10.4 Å². The van der Waals surface area contributed by atoms with E-state index in [1.807, 2.05) is 0 Å². The van der Waals surface area contributed by atoms with Gasteiger partial charge in [0.2, 0.25) is 5.91 Å². The maximum absolute atomic E-state index is 12.9. The molecular formula is C11H11F2NO3. The Morgan fingerprint density at radius 1 is 1.35 bits per heavy atom. The van der Waals surface area contributed by atoms with Gasteiger partial charge in [0.15, 0.2) is 11.6 Å². The van der Waals surface area contributed by atoms with Crippen molar-refractivity contribution in [3.8, 4) is 0 Å². The molecule has 1 rings (SSSR count). The molecule has 0 aliphatic heterocycles. The summed E-state index contributed by atoms with van der Waals surface area (Å²) in [6, 6.07) is 1.94. The number of hydrogen-bond donors (Lipinski definition) is 2. The van der Waals surface area contributed by atoms with Gasteiger partial charge in [-0.05, 0) is 17.7 Å². The lowest BCUT2D eigenvalue weighted by Gasteiger charge is -2.13. The number of aliphatic carboxylic acids is 1. The standard InChI is InChI=1S/C11H11F2NO3/c1-6(15)14-10(11(16)17)5-7-2-3-8(12)9(13)4-7/h2-4,10H,5H2,1H3,(H,14,15)(H,16,17)/t10-/m1/s1. The van der Waals surface area contributed by atoms with Crippen LogP contribution in [0.2, 0.25) is 0 Å². The maximum Gasteiger partial charge on any atom is 0.326 e. The molecule has 1 aromatic carbocycles. The van der Waals surface area contributed by atoms with Crippen LogP contribution in [0.5, 0.6) is 0 Å². The summed E-state index contributed by atoms with van der Waals surface area (Å²) in [5, 5.41) is 11.0. The van der Waals surface area contributed by atoms with E-state index in [2.05, 4.69) is 5.32 Å². The summed E-state index contributed by atoms with van der Waals surface area (Å²) < 4.78 is 25.5. The monoisotopic (exact) mass is 243 g/mol. The van der Waals surface area contributed by atoms with Gasteiger partial charge in [0.05, 0.1) is 0 Å². The van der Waals surface area contributed by atoms with Gasteiger partial charge in [0, 0.05) is 13.3 Å². The minimum atomic E-state index is -1.23. The molecule has 0 heterocycles. The molecule has 1 atom stereocenters. The van der Waals surface area contributed by atoms with Crippen molar-refractivity contribution in [2.75, 3.05) is 0 Å². The van der Waals surface area contributed by atoms with Crippen LogP contribution in [0.4, 0.5) is 8.78 Å². The van der Waals surface area contributed by atoms with Crippen LogP contribution in [0.1, 0.15) is 12.5 Å². The normalized spacial score (nSPS) is 11.9. The highest BCUT2D eigenvalue weighted by atomic mass is 19.2. The maximum atomic E-state index is 12.9. The Morgan fingerprint density at radius 3 is 2.47 bits per heavy atom. The molecule has 0 saturated carbocycles. The van der Waals surface area contributed by atoms with E-state index >= 15 is 0 Å². The molecule has 4 nitrogen and oxygen atoms in total. The van der Waals surface area contributed by atoms with Crippen LogP contribution in [0.15, 0.2) is 18.2 Å². The quantitative estimate of drug-likeness (QED) is 0.832. The van der Waals surface area contributed by atoms with Crippen LogP contribution in [-0.2, 0) is 16.0 Å². The Kier molecular flexibility index (Phi) is 4.14. The molecule has 92 valence electrons. The first-order valence-corrected chi connectivity index (χ1v) is 4.84. The zero-order valence-corrected chi connectivity index (χ0v) is 9.04. The fraction of sp³-hybridized carbons (Fsp3) is 0.273. The first-order valence-electron chi connectivity index (χ1n) is 4.84. The Balaban J connectivity index is 2.82. The average Bonchev–Trinajstić information content (AvgIpc) is 2.21. The summed E-state index contributed by atoms with van der Waals surface area (Å²) >= 11 is 0. The predicted molar refractivity (Wildman–Crippen MR) is 55.3 cm³/mol. The van der Waals surface area contributed by atoms with Crippen LogP contribution in [0, 0.1) is 11.6 Å². The molecule has 0 aliphatic rings. The number of nitrogens with one attached hydrogen (secondary N) is 1. The lowest BCUT2D eigenvalue weighted by Crippen LogP contribution is -2.41. The number of amides is 1. The number of hydrogen-bond acceptors (Lipinski definition) is 2. The Labute approximate surface area is 96.3 Å². The van der Waals surface area contributed by atoms with Gasteiger partial charge in [-0.25, -0.2) is 13.6 Å². The summed E-state index contributed by atoms with van der Waals surface area (Å²) in [5.41, 5.74) is 0.296. The molecular weight excluding hydrogens is 232 g/mol. The molecule has 17 heavy (non-hydrogen) atoms. The third-order valence-corrected chi connectivity index (χ3v) is 2.10. The molecule has 0 fully saturated rings. The molecule has 1 aromatic rings. The molecule has 0 saturated heterocycles. The topological polar surface area (TPSA) is 66.4 Å². The van der Waals surface area contributed by atoms with Crippen molar-refractivity contribution in [3.63, 3.8) is 0 Å². The van der Waals surface area contributed by atoms with E-state index < -0.39 is 29.6 Å². The lowest BCUT2D eigenvalue weighted by molar-refractivity contribution is -0.141. The van der Waals surface area contributed by atoms with Crippen LogP contribution in [0.25, 0.3) is 0 Å². The summed E-state index contributed by atoms with van der Waals surface area (Å²) in [4.78, 5) is 21.6. The van der Waals surface area contributed by atoms with Gasteiger partial charge in [0.25, 0.3) is 0 Å². The highest BCUT2D eigenvalue weighted by molar-refractivity contribution is 5.82. The molecule has 0 unspecified atom stereocenters. The second-order valence-corrected chi connectivity index (χ2v) is 3.54. The molecule has 0 radical (unpaired) electrons. The largest absolute Gasteiger partial charge is 0.480 e. The van der Waals surface area contributed by atoms with Crippen molar-refractivity contribution < 1.29 is 23.5 Å². The first kappa shape index (κ1) is 13.1. The van der Waals surface area contributed by atoms with Gasteiger partial charge in [-0.3, -0.25) is 4.79 Å². The van der Waals surface area contributed by atoms with Crippen molar-refractivity contribution in [2.45, 2.75) is 19.4 Å². The Bertz CT molecular complexity index is 448. The van der Waals surface area contributed by atoms with Crippen LogP contribution < -0.4 is 5.32 Å². The van der Waals surface area contributed by atoms with Crippen molar-refractivity contribution in [1.82, 2.24) is 5.32 Å². The number of carboxylic acids is 1.